The molecular weight excluding hydrogens is 336 g/mol. The number of nitrogens with one attached hydrogen (secondary N) is 1. The van der Waals surface area contributed by atoms with Crippen LogP contribution in [0.2, 0.25) is 0 Å². The Kier molecular flexibility index (Phi) is 5.86. The normalized spacial score (nSPS) is 16.5. The van der Waals surface area contributed by atoms with Crippen molar-refractivity contribution in [1.29, 1.82) is 0 Å². The van der Waals surface area contributed by atoms with E-state index in [0.29, 0.717) is 26.1 Å². The van der Waals surface area contributed by atoms with Crippen LogP contribution in [-0.2, 0) is 22.6 Å². The SMILES string of the molecule is CCCCC(=O)N1Cc2ccnn2[C@H](C(=O)NCCc2cccs2)C1. The molecule has 1 aliphatic heterocycles. The highest BCUT2D eigenvalue weighted by Gasteiger charge is 2.32. The third-order valence-electron chi connectivity index (χ3n) is 4.44. The molecule has 0 aromatic carbocycles. The molecule has 0 aliphatic carbocycles. The smallest absolute Gasteiger partial charge is 0.246 e. The molecule has 0 radical (unpaired) electrons. The monoisotopic (exact) mass is 360 g/mol. The fourth-order valence-electron chi connectivity index (χ4n) is 3.05. The Balaban J connectivity index is 1.62. The molecule has 0 fully saturated rings. The van der Waals surface area contributed by atoms with Gasteiger partial charge in [-0.25, -0.2) is 0 Å². The first-order valence-corrected chi connectivity index (χ1v) is 9.67. The van der Waals surface area contributed by atoms with Crippen molar-refractivity contribution in [1.82, 2.24) is 20.0 Å². The molecule has 134 valence electrons. The third kappa shape index (κ3) is 4.28. The first-order valence-electron chi connectivity index (χ1n) is 8.79. The summed E-state index contributed by atoms with van der Waals surface area (Å²) in [5, 5.41) is 9.32. The standard InChI is InChI=1S/C18H24N4O2S/c1-2-3-6-17(23)21-12-14-7-10-20-22(14)16(13-21)18(24)19-9-8-15-5-4-11-25-15/h4-5,7,10-11,16H,2-3,6,8-9,12-13H2,1H3,(H,19,24)/t16-/m0/s1. The lowest BCUT2D eigenvalue weighted by Gasteiger charge is -2.33. The van der Waals surface area contributed by atoms with Crippen LogP contribution in [0.4, 0.5) is 0 Å². The Hall–Kier alpha value is -2.15. The van der Waals surface area contributed by atoms with E-state index >= 15 is 0 Å². The van der Waals surface area contributed by atoms with Gasteiger partial charge in [0.05, 0.1) is 18.8 Å². The Morgan fingerprint density at radius 2 is 2.28 bits per heavy atom. The van der Waals surface area contributed by atoms with Crippen molar-refractivity contribution in [3.63, 3.8) is 0 Å². The lowest BCUT2D eigenvalue weighted by atomic mass is 10.1. The van der Waals surface area contributed by atoms with E-state index in [2.05, 4.69) is 23.4 Å². The van der Waals surface area contributed by atoms with Gasteiger partial charge in [-0.15, -0.1) is 11.3 Å². The maximum atomic E-state index is 12.7. The number of carbonyl (C=O) groups is 2. The summed E-state index contributed by atoms with van der Waals surface area (Å²) in [6, 6.07) is 5.51. The molecule has 0 saturated heterocycles. The molecule has 0 saturated carbocycles. The number of aromatic nitrogens is 2. The van der Waals surface area contributed by atoms with Crippen LogP contribution in [0.3, 0.4) is 0 Å². The Morgan fingerprint density at radius 1 is 1.40 bits per heavy atom. The molecular formula is C18H24N4O2S. The highest BCUT2D eigenvalue weighted by atomic mass is 32.1. The number of thiophene rings is 1. The van der Waals surface area contributed by atoms with Gasteiger partial charge in [0.1, 0.15) is 6.04 Å². The average molecular weight is 360 g/mol. The van der Waals surface area contributed by atoms with E-state index in [1.807, 2.05) is 17.5 Å². The van der Waals surface area contributed by atoms with Gasteiger partial charge in [-0.3, -0.25) is 14.3 Å². The Labute approximate surface area is 151 Å². The topological polar surface area (TPSA) is 67.2 Å². The predicted molar refractivity (Wildman–Crippen MR) is 97.2 cm³/mol. The number of hydrogen-bond donors (Lipinski definition) is 1. The molecule has 0 unspecified atom stereocenters. The van der Waals surface area contributed by atoms with Gasteiger partial charge in [0.25, 0.3) is 0 Å². The van der Waals surface area contributed by atoms with Crippen LogP contribution >= 0.6 is 11.3 Å². The number of amides is 2. The van der Waals surface area contributed by atoms with Crippen LogP contribution in [0.5, 0.6) is 0 Å². The molecule has 1 aliphatic rings. The second-order valence-electron chi connectivity index (χ2n) is 6.28. The largest absolute Gasteiger partial charge is 0.354 e. The van der Waals surface area contributed by atoms with Crippen LogP contribution in [0.15, 0.2) is 29.8 Å². The van der Waals surface area contributed by atoms with Gasteiger partial charge in [-0.2, -0.15) is 5.10 Å². The minimum Gasteiger partial charge on any atom is -0.354 e. The lowest BCUT2D eigenvalue weighted by molar-refractivity contribution is -0.135. The van der Waals surface area contributed by atoms with Crippen LogP contribution in [0, 0.1) is 0 Å². The summed E-state index contributed by atoms with van der Waals surface area (Å²) in [4.78, 5) is 28.1. The van der Waals surface area contributed by atoms with Gasteiger partial charge < -0.3 is 10.2 Å². The number of unbranched alkanes of at least 4 members (excludes halogenated alkanes) is 1. The zero-order valence-corrected chi connectivity index (χ0v) is 15.3. The van der Waals surface area contributed by atoms with Crippen molar-refractivity contribution in [3.05, 3.63) is 40.3 Å². The first-order chi connectivity index (χ1) is 12.2. The van der Waals surface area contributed by atoms with Gasteiger partial charge in [0.15, 0.2) is 0 Å². The minimum absolute atomic E-state index is 0.0745. The van der Waals surface area contributed by atoms with Crippen LogP contribution in [0.25, 0.3) is 0 Å². The summed E-state index contributed by atoms with van der Waals surface area (Å²) < 4.78 is 1.75. The Bertz CT molecular complexity index is 710. The van der Waals surface area contributed by atoms with Gasteiger partial charge in [-0.05, 0) is 30.4 Å². The van der Waals surface area contributed by atoms with Crippen molar-refractivity contribution < 1.29 is 9.59 Å². The van der Waals surface area contributed by atoms with Crippen molar-refractivity contribution >= 4 is 23.2 Å². The van der Waals surface area contributed by atoms with E-state index in [0.717, 1.165) is 25.0 Å². The number of fused-ring (bicyclic) bond motifs is 1. The van der Waals surface area contributed by atoms with Crippen molar-refractivity contribution in [2.45, 2.75) is 45.2 Å². The summed E-state index contributed by atoms with van der Waals surface area (Å²) >= 11 is 1.69. The summed E-state index contributed by atoms with van der Waals surface area (Å²) in [5.74, 6) is 0.0418. The van der Waals surface area contributed by atoms with Gasteiger partial charge in [0.2, 0.25) is 11.8 Å². The first kappa shape index (κ1) is 17.7. The molecule has 7 heteroatoms. The molecule has 2 amide bonds. The summed E-state index contributed by atoms with van der Waals surface area (Å²) in [6.45, 7) is 3.59. The molecule has 1 N–H and O–H groups in total. The van der Waals surface area contributed by atoms with Crippen LogP contribution in [0.1, 0.15) is 42.8 Å². The maximum Gasteiger partial charge on any atom is 0.246 e. The van der Waals surface area contributed by atoms with Gasteiger partial charge >= 0.3 is 0 Å². The molecule has 3 rings (SSSR count). The van der Waals surface area contributed by atoms with Crippen LogP contribution < -0.4 is 5.32 Å². The highest BCUT2D eigenvalue weighted by Crippen LogP contribution is 2.21. The van der Waals surface area contributed by atoms with E-state index in [9.17, 15) is 9.59 Å². The van der Waals surface area contributed by atoms with Crippen molar-refractivity contribution in [2.75, 3.05) is 13.1 Å². The molecule has 0 bridgehead atoms. The molecule has 3 heterocycles. The maximum absolute atomic E-state index is 12.7. The second-order valence-corrected chi connectivity index (χ2v) is 7.31. The van der Waals surface area contributed by atoms with E-state index in [1.54, 1.807) is 27.1 Å². The molecule has 2 aromatic heterocycles. The number of nitrogens with zero attached hydrogens (tertiary/aromatic N) is 3. The number of hydrogen-bond acceptors (Lipinski definition) is 4. The van der Waals surface area contributed by atoms with E-state index < -0.39 is 6.04 Å². The van der Waals surface area contributed by atoms with Crippen molar-refractivity contribution in [2.24, 2.45) is 0 Å². The average Bonchev–Trinajstić information content (AvgIpc) is 3.29. The summed E-state index contributed by atoms with van der Waals surface area (Å²) in [5.41, 5.74) is 0.912. The molecule has 0 spiro atoms. The number of carbonyl (C=O) groups excluding carboxylic acids is 2. The van der Waals surface area contributed by atoms with Gasteiger partial charge in [-0.1, -0.05) is 19.4 Å². The zero-order valence-electron chi connectivity index (χ0n) is 14.5. The summed E-state index contributed by atoms with van der Waals surface area (Å²) in [6.07, 6.45) is 4.93. The predicted octanol–water partition coefficient (Wildman–Crippen LogP) is 2.38. The van der Waals surface area contributed by atoms with E-state index in [-0.39, 0.29) is 11.8 Å². The quantitative estimate of drug-likeness (QED) is 0.824. The fraction of sp³-hybridized carbons (Fsp3) is 0.500. The number of rotatable bonds is 7. The summed E-state index contributed by atoms with van der Waals surface area (Å²) in [7, 11) is 0. The zero-order chi connectivity index (χ0) is 17.6. The third-order valence-corrected chi connectivity index (χ3v) is 5.38. The Morgan fingerprint density at radius 3 is 3.04 bits per heavy atom. The van der Waals surface area contributed by atoms with E-state index in [4.69, 9.17) is 0 Å². The minimum atomic E-state index is -0.451. The molecule has 25 heavy (non-hydrogen) atoms. The van der Waals surface area contributed by atoms with Gasteiger partial charge in [0, 0.05) is 24.0 Å². The van der Waals surface area contributed by atoms with Crippen LogP contribution in [-0.4, -0.2) is 39.6 Å². The molecule has 1 atom stereocenters. The highest BCUT2D eigenvalue weighted by molar-refractivity contribution is 7.09. The second kappa shape index (κ2) is 8.29. The molecule has 2 aromatic rings. The fourth-order valence-corrected chi connectivity index (χ4v) is 3.75. The lowest BCUT2D eigenvalue weighted by Crippen LogP contribution is -2.47. The van der Waals surface area contributed by atoms with Crippen molar-refractivity contribution in [3.8, 4) is 0 Å². The van der Waals surface area contributed by atoms with E-state index in [1.165, 1.54) is 4.88 Å². The molecule has 6 nitrogen and oxygen atoms in total.